The summed E-state index contributed by atoms with van der Waals surface area (Å²) in [5.41, 5.74) is 0.676. The van der Waals surface area contributed by atoms with E-state index in [1.54, 1.807) is 7.11 Å². The van der Waals surface area contributed by atoms with Gasteiger partial charge in [-0.3, -0.25) is 10.1 Å². The minimum absolute atomic E-state index is 0.0781. The minimum atomic E-state index is -1.08. The van der Waals surface area contributed by atoms with Gasteiger partial charge in [-0.15, -0.1) is 11.6 Å². The third kappa shape index (κ3) is 7.73. The number of carbonyl (C=O) groups is 2. The van der Waals surface area contributed by atoms with Gasteiger partial charge in [-0.2, -0.15) is 0 Å². The lowest BCUT2D eigenvalue weighted by Crippen LogP contribution is -2.63. The molecule has 1 aromatic rings. The zero-order valence-corrected chi connectivity index (χ0v) is 25.2. The first-order valence-corrected chi connectivity index (χ1v) is 15.7. The molecule has 2 N–H and O–H groups in total. The molecule has 7 atom stereocenters. The van der Waals surface area contributed by atoms with Gasteiger partial charge in [0.05, 0.1) is 18.3 Å². The molecule has 1 aromatic carbocycles. The monoisotopic (exact) mass is 618 g/mol. The van der Waals surface area contributed by atoms with Crippen LogP contribution in [-0.4, -0.2) is 71.6 Å². The molecule has 7 nitrogen and oxygen atoms in total. The Balaban J connectivity index is 1.85. The Morgan fingerprint density at radius 2 is 2.11 bits per heavy atom. The number of aliphatic hydroxyl groups is 1. The summed E-state index contributed by atoms with van der Waals surface area (Å²) in [6.07, 6.45) is 3.65. The third-order valence-corrected chi connectivity index (χ3v) is 9.72. The van der Waals surface area contributed by atoms with E-state index in [0.717, 1.165) is 16.6 Å². The Labute approximate surface area is 236 Å². The van der Waals surface area contributed by atoms with Gasteiger partial charge < -0.3 is 19.3 Å². The number of carbonyl (C=O) groups excluding carboxylic acids is 2. The second-order valence-electron chi connectivity index (χ2n) is 10.5. The number of hydrogen-bond donors (Lipinski definition) is 2. The second kappa shape index (κ2) is 12.8. The molecule has 206 valence electrons. The number of imide groups is 1. The summed E-state index contributed by atoms with van der Waals surface area (Å²) in [7, 11) is 1.42. The number of halogens is 2. The largest absolute Gasteiger partial charge is 0.443 e. The van der Waals surface area contributed by atoms with Crippen LogP contribution in [0.5, 0.6) is 0 Å². The molecular weight excluding hydrogens is 582 g/mol. The minimum Gasteiger partial charge on any atom is -0.443 e. The average Bonchev–Trinajstić information content (AvgIpc) is 3.48. The first kappa shape index (κ1) is 30.4. The van der Waals surface area contributed by atoms with Crippen molar-refractivity contribution in [3.63, 3.8) is 0 Å². The average molecular weight is 620 g/mol. The summed E-state index contributed by atoms with van der Waals surface area (Å²) in [6, 6.07) is 8.22. The fourth-order valence-corrected chi connectivity index (χ4v) is 8.08. The number of ether oxygens (including phenoxy) is 3. The summed E-state index contributed by atoms with van der Waals surface area (Å²) >= 11 is 9.05. The number of allylic oxidation sites excluding steroid dienone is 1. The Bertz CT molecular complexity index is 1010. The van der Waals surface area contributed by atoms with Gasteiger partial charge in [-0.05, 0) is 63.1 Å². The van der Waals surface area contributed by atoms with Gasteiger partial charge in [0.2, 0.25) is 5.91 Å². The molecule has 1 saturated heterocycles. The van der Waals surface area contributed by atoms with Crippen LogP contribution >= 0.6 is 27.5 Å². The summed E-state index contributed by atoms with van der Waals surface area (Å²) in [6.45, 7) is 6.10. The van der Waals surface area contributed by atoms with Crippen LogP contribution in [0.25, 0.3) is 0 Å². The molecule has 37 heavy (non-hydrogen) atoms. The second-order valence-corrected chi connectivity index (χ2v) is 13.8. The number of rotatable bonds is 10. The molecule has 1 saturated carbocycles. The van der Waals surface area contributed by atoms with Crippen LogP contribution in [0.4, 0.5) is 4.79 Å². The number of benzene rings is 1. The van der Waals surface area contributed by atoms with Crippen molar-refractivity contribution in [2.24, 2.45) is 5.92 Å². The van der Waals surface area contributed by atoms with Crippen molar-refractivity contribution >= 4 is 50.4 Å². The topological polar surface area (TPSA) is 97.4 Å². The molecule has 10 heteroatoms. The number of amides is 2. The summed E-state index contributed by atoms with van der Waals surface area (Å²) < 4.78 is 18.8. The maximum absolute atomic E-state index is 12.4. The standard InChI is InChI=1S/C27H37BrClNO6S/c1-17(2)9-10-21-26(3,36-21)24-23(34-4)20(35-25(32)30-22(31)14-29)11-12-27(24,33)16-37(5)15-18-7-6-8-19(28)13-18/h6-9,13,20-21,23-24,33H,10-12,14-16H2,1-5H3/p+1/t20-,21-,23-,24-,26+,27+,37?/m1/s1. The Kier molecular flexibility index (Phi) is 10.6. The van der Waals surface area contributed by atoms with Gasteiger partial charge in [0.15, 0.2) is 0 Å². The zero-order valence-electron chi connectivity index (χ0n) is 22.1. The van der Waals surface area contributed by atoms with Gasteiger partial charge in [0.25, 0.3) is 0 Å². The van der Waals surface area contributed by atoms with Crippen LogP contribution in [0.15, 0.2) is 40.4 Å². The van der Waals surface area contributed by atoms with E-state index in [-0.39, 0.29) is 22.9 Å². The summed E-state index contributed by atoms with van der Waals surface area (Å²) in [5.74, 6) is 0.0000360. The number of alkyl halides is 1. The van der Waals surface area contributed by atoms with Crippen LogP contribution in [0.2, 0.25) is 0 Å². The lowest BCUT2D eigenvalue weighted by molar-refractivity contribution is -0.170. The van der Waals surface area contributed by atoms with Gasteiger partial charge in [-0.1, -0.05) is 39.7 Å². The Morgan fingerprint density at radius 1 is 1.38 bits per heavy atom. The van der Waals surface area contributed by atoms with Crippen molar-refractivity contribution in [1.82, 2.24) is 5.32 Å². The van der Waals surface area contributed by atoms with Gasteiger partial charge >= 0.3 is 6.09 Å². The normalized spacial score (nSPS) is 31.8. The quantitative estimate of drug-likeness (QED) is 0.170. The SMILES string of the molecule is CO[C@@H]1[C@H](OC(=O)NC(=O)CCl)CC[C@](O)(C[S+](C)Cc2cccc(Br)c2)[C@H]1[C@@]1(C)O[C@@H]1CC=C(C)C. The van der Waals surface area contributed by atoms with E-state index in [1.807, 2.05) is 32.9 Å². The molecule has 0 aromatic heterocycles. The van der Waals surface area contributed by atoms with Gasteiger partial charge in [0.1, 0.15) is 40.8 Å². The van der Waals surface area contributed by atoms with E-state index >= 15 is 0 Å². The van der Waals surface area contributed by atoms with Gasteiger partial charge in [0, 0.05) is 17.1 Å². The first-order valence-electron chi connectivity index (χ1n) is 12.4. The number of methoxy groups -OCH3 is 1. The van der Waals surface area contributed by atoms with Crippen LogP contribution in [0.1, 0.15) is 45.6 Å². The van der Waals surface area contributed by atoms with Crippen molar-refractivity contribution in [3.05, 3.63) is 46.0 Å². The van der Waals surface area contributed by atoms with Crippen LogP contribution in [-0.2, 0) is 35.7 Å². The first-order chi connectivity index (χ1) is 17.4. The lowest BCUT2D eigenvalue weighted by Gasteiger charge is -2.48. The number of nitrogens with one attached hydrogen (secondary N) is 1. The highest BCUT2D eigenvalue weighted by Gasteiger charge is 2.68. The number of alkyl carbamates (subject to hydrolysis) is 1. The fraction of sp³-hybridized carbons (Fsp3) is 0.630. The molecule has 0 radical (unpaired) electrons. The van der Waals surface area contributed by atoms with Crippen molar-refractivity contribution in [3.8, 4) is 0 Å². The molecule has 1 aliphatic carbocycles. The Hall–Kier alpha value is -1.10. The molecule has 2 aliphatic rings. The van der Waals surface area contributed by atoms with Crippen LogP contribution in [0.3, 0.4) is 0 Å². The highest BCUT2D eigenvalue weighted by Crippen LogP contribution is 2.55. The molecule has 2 fully saturated rings. The van der Waals surface area contributed by atoms with E-state index in [9.17, 15) is 14.7 Å². The molecule has 3 rings (SSSR count). The molecule has 1 aliphatic heterocycles. The van der Waals surface area contributed by atoms with Gasteiger partial charge in [-0.25, -0.2) is 4.79 Å². The van der Waals surface area contributed by atoms with E-state index in [0.29, 0.717) is 18.6 Å². The van der Waals surface area contributed by atoms with Crippen molar-refractivity contribution < 1.29 is 28.9 Å². The molecular formula is C27H38BrClNO6S+. The number of epoxide rings is 1. The predicted octanol–water partition coefficient (Wildman–Crippen LogP) is 4.73. The van der Waals surface area contributed by atoms with E-state index in [1.165, 1.54) is 11.1 Å². The van der Waals surface area contributed by atoms with E-state index < -0.39 is 41.3 Å². The molecule has 1 unspecified atom stereocenters. The molecule has 2 amide bonds. The highest BCUT2D eigenvalue weighted by molar-refractivity contribution is 9.10. The van der Waals surface area contributed by atoms with Crippen molar-refractivity contribution in [2.45, 2.75) is 75.3 Å². The fourth-order valence-electron chi connectivity index (χ4n) is 5.54. The van der Waals surface area contributed by atoms with E-state index in [4.69, 9.17) is 25.8 Å². The lowest BCUT2D eigenvalue weighted by atomic mass is 9.66. The maximum atomic E-state index is 12.4. The third-order valence-electron chi connectivity index (χ3n) is 7.16. The Morgan fingerprint density at radius 3 is 2.73 bits per heavy atom. The molecule has 1 heterocycles. The molecule has 0 bridgehead atoms. The summed E-state index contributed by atoms with van der Waals surface area (Å²) in [5, 5.41) is 14.4. The van der Waals surface area contributed by atoms with Crippen molar-refractivity contribution in [1.29, 1.82) is 0 Å². The maximum Gasteiger partial charge on any atom is 0.414 e. The zero-order chi connectivity index (χ0) is 27.4. The smallest absolute Gasteiger partial charge is 0.414 e. The predicted molar refractivity (Wildman–Crippen MR) is 151 cm³/mol. The van der Waals surface area contributed by atoms with E-state index in [2.05, 4.69) is 45.7 Å². The highest BCUT2D eigenvalue weighted by atomic mass is 79.9. The molecule has 0 spiro atoms. The van der Waals surface area contributed by atoms with Crippen LogP contribution in [0, 0.1) is 5.92 Å². The summed E-state index contributed by atoms with van der Waals surface area (Å²) in [4.78, 5) is 23.9. The van der Waals surface area contributed by atoms with Crippen LogP contribution < -0.4 is 5.32 Å². The number of hydrogen-bond acceptors (Lipinski definition) is 6. The van der Waals surface area contributed by atoms with Crippen molar-refractivity contribution in [2.75, 3.05) is 25.0 Å².